The summed E-state index contributed by atoms with van der Waals surface area (Å²) < 4.78 is 0. The van der Waals surface area contributed by atoms with Crippen LogP contribution in [0.1, 0.15) is 52.4 Å². The molecule has 0 aliphatic heterocycles. The summed E-state index contributed by atoms with van der Waals surface area (Å²) in [6.45, 7) is 4.83. The van der Waals surface area contributed by atoms with Gasteiger partial charge in [0.05, 0.1) is 0 Å². The van der Waals surface area contributed by atoms with Crippen LogP contribution in [0.25, 0.3) is 0 Å². The van der Waals surface area contributed by atoms with Gasteiger partial charge in [0.15, 0.2) is 0 Å². The summed E-state index contributed by atoms with van der Waals surface area (Å²) in [5.74, 6) is 4.24. The molecule has 0 radical (unpaired) electrons. The van der Waals surface area contributed by atoms with E-state index in [2.05, 4.69) is 13.8 Å². The summed E-state index contributed by atoms with van der Waals surface area (Å²) in [4.78, 5) is 0. The first kappa shape index (κ1) is 8.59. The minimum Gasteiger partial charge on any atom is -0.0625 e. The maximum Gasteiger partial charge on any atom is -0.0362 e. The van der Waals surface area contributed by atoms with Gasteiger partial charge in [-0.05, 0) is 36.5 Å². The molecule has 0 heterocycles. The third kappa shape index (κ3) is 1.53. The van der Waals surface area contributed by atoms with Crippen LogP contribution in [0.4, 0.5) is 0 Å². The highest BCUT2D eigenvalue weighted by Crippen LogP contribution is 2.45. The molecule has 2 aliphatic carbocycles. The van der Waals surface area contributed by atoms with Crippen molar-refractivity contribution in [2.75, 3.05) is 0 Å². The third-order valence-electron chi connectivity index (χ3n) is 4.19. The van der Waals surface area contributed by atoms with Gasteiger partial charge < -0.3 is 0 Å². The molecule has 12 heavy (non-hydrogen) atoms. The predicted molar refractivity (Wildman–Crippen MR) is 53.0 cm³/mol. The van der Waals surface area contributed by atoms with E-state index < -0.39 is 0 Å². The topological polar surface area (TPSA) is 0 Å². The van der Waals surface area contributed by atoms with E-state index in [1.807, 2.05) is 0 Å². The first-order chi connectivity index (χ1) is 5.77. The Morgan fingerprint density at radius 1 is 1.00 bits per heavy atom. The third-order valence-corrected chi connectivity index (χ3v) is 4.19. The van der Waals surface area contributed by atoms with E-state index in [1.165, 1.54) is 12.8 Å². The second-order valence-corrected chi connectivity index (χ2v) is 5.28. The van der Waals surface area contributed by atoms with Crippen LogP contribution in [0.3, 0.4) is 0 Å². The van der Waals surface area contributed by atoms with E-state index in [4.69, 9.17) is 0 Å². The molecule has 70 valence electrons. The summed E-state index contributed by atoms with van der Waals surface area (Å²) in [6.07, 6.45) is 9.26. The molecular formula is C12H22. The van der Waals surface area contributed by atoms with Gasteiger partial charge in [-0.2, -0.15) is 0 Å². The van der Waals surface area contributed by atoms with Gasteiger partial charge in [-0.1, -0.05) is 39.5 Å². The highest BCUT2D eigenvalue weighted by molar-refractivity contribution is 4.85. The first-order valence-electron chi connectivity index (χ1n) is 5.77. The Hall–Kier alpha value is 0. The van der Waals surface area contributed by atoms with Crippen LogP contribution in [-0.2, 0) is 0 Å². The van der Waals surface area contributed by atoms with Crippen LogP contribution in [0.2, 0.25) is 0 Å². The van der Waals surface area contributed by atoms with E-state index in [9.17, 15) is 0 Å². The van der Waals surface area contributed by atoms with Gasteiger partial charge in [0.25, 0.3) is 0 Å². The van der Waals surface area contributed by atoms with Crippen molar-refractivity contribution in [3.63, 3.8) is 0 Å². The molecule has 0 aromatic carbocycles. The Kier molecular flexibility index (Phi) is 2.43. The molecule has 2 rings (SSSR count). The molecule has 0 aromatic rings. The molecule has 0 saturated heterocycles. The van der Waals surface area contributed by atoms with Gasteiger partial charge in [0, 0.05) is 0 Å². The molecule has 0 N–H and O–H groups in total. The zero-order chi connectivity index (χ0) is 8.55. The highest BCUT2D eigenvalue weighted by atomic mass is 14.4. The van der Waals surface area contributed by atoms with Gasteiger partial charge in [0.1, 0.15) is 0 Å². The monoisotopic (exact) mass is 166 g/mol. The van der Waals surface area contributed by atoms with Crippen LogP contribution in [-0.4, -0.2) is 0 Å². The molecule has 0 nitrogen and oxygen atoms in total. The summed E-state index contributed by atoms with van der Waals surface area (Å²) in [5, 5.41) is 0. The van der Waals surface area contributed by atoms with Gasteiger partial charge in [-0.3, -0.25) is 0 Å². The lowest BCUT2D eigenvalue weighted by molar-refractivity contribution is 0.0912. The lowest BCUT2D eigenvalue weighted by atomic mass is 9.64. The minimum atomic E-state index is 0.939. The maximum atomic E-state index is 2.42. The van der Waals surface area contributed by atoms with E-state index >= 15 is 0 Å². The van der Waals surface area contributed by atoms with Crippen molar-refractivity contribution in [3.8, 4) is 0 Å². The molecule has 3 unspecified atom stereocenters. The fourth-order valence-electron chi connectivity index (χ4n) is 3.53. The van der Waals surface area contributed by atoms with Crippen molar-refractivity contribution in [3.05, 3.63) is 0 Å². The van der Waals surface area contributed by atoms with Crippen molar-refractivity contribution in [2.24, 2.45) is 23.7 Å². The van der Waals surface area contributed by atoms with Crippen molar-refractivity contribution in [1.29, 1.82) is 0 Å². The number of hydrogen-bond acceptors (Lipinski definition) is 0. The highest BCUT2D eigenvalue weighted by Gasteiger charge is 2.34. The zero-order valence-corrected chi connectivity index (χ0v) is 8.55. The largest absolute Gasteiger partial charge is 0.0625 e. The Labute approximate surface area is 76.7 Å². The van der Waals surface area contributed by atoms with Gasteiger partial charge in [-0.25, -0.2) is 0 Å². The average molecular weight is 166 g/mol. The molecule has 3 atom stereocenters. The van der Waals surface area contributed by atoms with Crippen LogP contribution in [0, 0.1) is 23.7 Å². The van der Waals surface area contributed by atoms with Crippen molar-refractivity contribution in [1.82, 2.24) is 0 Å². The quantitative estimate of drug-likeness (QED) is 0.555. The summed E-state index contributed by atoms with van der Waals surface area (Å²) in [5.41, 5.74) is 0. The van der Waals surface area contributed by atoms with E-state index in [1.54, 1.807) is 25.7 Å². The van der Waals surface area contributed by atoms with Gasteiger partial charge >= 0.3 is 0 Å². The molecule has 0 spiro atoms. The Bertz CT molecular complexity index is 148. The van der Waals surface area contributed by atoms with Gasteiger partial charge in [0.2, 0.25) is 0 Å². The molecule has 0 heteroatoms. The lowest BCUT2D eigenvalue weighted by Gasteiger charge is -2.42. The van der Waals surface area contributed by atoms with Crippen molar-refractivity contribution >= 4 is 0 Å². The van der Waals surface area contributed by atoms with E-state index in [-0.39, 0.29) is 0 Å². The molecular weight excluding hydrogens is 144 g/mol. The second-order valence-electron chi connectivity index (χ2n) is 5.28. The smallest absolute Gasteiger partial charge is 0.0362 e. The number of hydrogen-bond donors (Lipinski definition) is 0. The number of fused-ring (bicyclic) bond motifs is 2. The Morgan fingerprint density at radius 2 is 1.83 bits per heavy atom. The Balaban J connectivity index is 1.99. The molecule has 0 aromatic heterocycles. The summed E-state index contributed by atoms with van der Waals surface area (Å²) >= 11 is 0. The predicted octanol–water partition coefficient (Wildman–Crippen LogP) is 3.86. The average Bonchev–Trinajstić information content (AvgIpc) is 2.04. The van der Waals surface area contributed by atoms with Crippen molar-refractivity contribution < 1.29 is 0 Å². The molecule has 2 saturated carbocycles. The minimum absolute atomic E-state index is 0.939. The maximum absolute atomic E-state index is 2.42. The van der Waals surface area contributed by atoms with Crippen LogP contribution >= 0.6 is 0 Å². The normalized spacial score (nSPS) is 41.8. The van der Waals surface area contributed by atoms with Crippen molar-refractivity contribution in [2.45, 2.75) is 52.4 Å². The second kappa shape index (κ2) is 3.40. The summed E-state index contributed by atoms with van der Waals surface area (Å²) in [6, 6.07) is 0. The standard InChI is InChI=1S/C12H22/c1-9(2)12-7-6-10-4-3-5-11(12)8-10/h9-12H,3-8H2,1-2H3. The van der Waals surface area contributed by atoms with Gasteiger partial charge in [-0.15, -0.1) is 0 Å². The van der Waals surface area contributed by atoms with E-state index in [0.717, 1.165) is 23.7 Å². The van der Waals surface area contributed by atoms with Crippen LogP contribution < -0.4 is 0 Å². The Morgan fingerprint density at radius 3 is 2.58 bits per heavy atom. The fraction of sp³-hybridized carbons (Fsp3) is 1.00. The summed E-state index contributed by atoms with van der Waals surface area (Å²) in [7, 11) is 0. The van der Waals surface area contributed by atoms with E-state index in [0.29, 0.717) is 0 Å². The fourth-order valence-corrected chi connectivity index (χ4v) is 3.53. The van der Waals surface area contributed by atoms with Crippen LogP contribution in [0.5, 0.6) is 0 Å². The zero-order valence-electron chi connectivity index (χ0n) is 8.55. The lowest BCUT2D eigenvalue weighted by Crippen LogP contribution is -2.31. The van der Waals surface area contributed by atoms with Crippen LogP contribution in [0.15, 0.2) is 0 Å². The molecule has 2 fully saturated rings. The molecule has 0 amide bonds. The molecule has 2 bridgehead atoms. The SMILES string of the molecule is CC(C)C1CCC2CCCC1C2. The first-order valence-corrected chi connectivity index (χ1v) is 5.77. The molecule has 2 aliphatic rings. The number of rotatable bonds is 1.